The number of aliphatic hydroxyl groups is 1. The number of carbonyl (C=O) groups excluding carboxylic acids is 1. The van der Waals surface area contributed by atoms with Crippen molar-refractivity contribution < 1.29 is 32.9 Å². The number of unbranched alkanes of at least 4 members (excludes halogenated alkanes) is 49. The van der Waals surface area contributed by atoms with E-state index in [1.165, 1.54) is 289 Å². The third kappa shape index (κ3) is 59.0. The highest BCUT2D eigenvalue weighted by atomic mass is 31.2. The fourth-order valence-electron chi connectivity index (χ4n) is 10.5. The maximum Gasteiger partial charge on any atom is 0.472 e. The number of nitrogens with one attached hydrogen (secondary N) is 1. The largest absolute Gasteiger partial charge is 0.472 e. The summed E-state index contributed by atoms with van der Waals surface area (Å²) in [4.78, 5) is 23.3. The molecule has 0 saturated heterocycles. The maximum atomic E-state index is 13.0. The molecule has 0 radical (unpaired) electrons. The molecule has 0 fully saturated rings. The van der Waals surface area contributed by atoms with Crippen LogP contribution in [0.5, 0.6) is 0 Å². The molecule has 0 saturated carbocycles. The van der Waals surface area contributed by atoms with E-state index in [4.69, 9.17) is 9.05 Å². The van der Waals surface area contributed by atoms with Gasteiger partial charge in [0.25, 0.3) is 0 Å². The average Bonchev–Trinajstić information content (AvgIpc) is 3.35. The van der Waals surface area contributed by atoms with Crippen LogP contribution in [0.3, 0.4) is 0 Å². The number of carbonyl (C=O) groups is 1. The Labute approximate surface area is 457 Å². The summed E-state index contributed by atoms with van der Waals surface area (Å²) in [7, 11) is 1.64. The predicted molar refractivity (Wildman–Crippen MR) is 319 cm³/mol. The number of quaternary nitrogens is 1. The fourth-order valence-corrected chi connectivity index (χ4v) is 11.2. The summed E-state index contributed by atoms with van der Waals surface area (Å²) in [5.74, 6) is -0.136. The summed E-state index contributed by atoms with van der Waals surface area (Å²) < 4.78 is 23.8. The van der Waals surface area contributed by atoms with Crippen LogP contribution in [-0.4, -0.2) is 73.4 Å². The molecule has 0 aliphatic carbocycles. The SMILES string of the molecule is CCCCCCCCCCCCCCCCCCCCCCCCCCCCCCCCCCCCCCCCCC(=O)NC(COP(=O)(O)OCC[N+](C)(C)C)C(O)CCCCCCCCCCCCCC. The van der Waals surface area contributed by atoms with Gasteiger partial charge in [0.2, 0.25) is 5.91 Å². The van der Waals surface area contributed by atoms with Crippen LogP contribution in [-0.2, 0) is 18.4 Å². The summed E-state index contributed by atoms with van der Waals surface area (Å²) in [5.41, 5.74) is 0. The first-order chi connectivity index (χ1) is 35.5. The second-order valence-corrected chi connectivity index (χ2v) is 25.7. The van der Waals surface area contributed by atoms with Crippen molar-refractivity contribution >= 4 is 13.7 Å². The lowest BCUT2D eigenvalue weighted by molar-refractivity contribution is -0.870. The van der Waals surface area contributed by atoms with Gasteiger partial charge in [0, 0.05) is 6.42 Å². The van der Waals surface area contributed by atoms with Gasteiger partial charge in [-0.1, -0.05) is 335 Å². The van der Waals surface area contributed by atoms with E-state index in [0.29, 0.717) is 23.9 Å². The quantitative estimate of drug-likeness (QED) is 0.0318. The second-order valence-electron chi connectivity index (χ2n) is 24.2. The standard InChI is InChI=1S/C64H131N2O6P/c1-6-8-10-12-14-16-18-20-21-22-23-24-25-26-27-28-29-30-31-32-33-34-35-36-37-38-39-40-41-42-43-44-45-46-48-50-52-54-56-58-64(68)65-62(61-72-73(69,70)71-60-59-66(3,4)5)63(67)57-55-53-51-49-47-19-17-15-13-11-9-7-2/h62-63,67H,6-61H2,1-5H3,(H-,65,68,69,70)/p+1. The molecular formula is C64H132N2O6P+. The molecule has 1 amide bonds. The number of nitrogens with zero attached hydrogens (tertiary/aromatic N) is 1. The zero-order valence-corrected chi connectivity index (χ0v) is 51.1. The summed E-state index contributed by atoms with van der Waals surface area (Å²) in [6.07, 6.45) is 69.4. The van der Waals surface area contributed by atoms with Crippen LogP contribution in [0.25, 0.3) is 0 Å². The van der Waals surface area contributed by atoms with Crippen molar-refractivity contribution in [3.63, 3.8) is 0 Å². The van der Waals surface area contributed by atoms with E-state index in [0.717, 1.165) is 38.5 Å². The average molecular weight is 1060 g/mol. The van der Waals surface area contributed by atoms with Crippen molar-refractivity contribution in [3.05, 3.63) is 0 Å². The Kier molecular flexibility index (Phi) is 55.8. The zero-order valence-electron chi connectivity index (χ0n) is 50.2. The molecule has 8 nitrogen and oxygen atoms in total. The van der Waals surface area contributed by atoms with Gasteiger partial charge in [-0.25, -0.2) is 4.57 Å². The number of likely N-dealkylation sites (N-methyl/N-ethyl adjacent to an activating group) is 1. The Morgan fingerprint density at radius 1 is 0.411 bits per heavy atom. The van der Waals surface area contributed by atoms with Crippen LogP contribution in [0, 0.1) is 0 Å². The molecule has 9 heteroatoms. The van der Waals surface area contributed by atoms with Crippen molar-refractivity contribution in [2.75, 3.05) is 40.9 Å². The molecule has 73 heavy (non-hydrogen) atoms. The highest BCUT2D eigenvalue weighted by Gasteiger charge is 2.28. The van der Waals surface area contributed by atoms with Crippen LogP contribution in [0.15, 0.2) is 0 Å². The third-order valence-electron chi connectivity index (χ3n) is 15.6. The third-order valence-corrected chi connectivity index (χ3v) is 16.6. The van der Waals surface area contributed by atoms with Gasteiger partial charge in [-0.05, 0) is 12.8 Å². The lowest BCUT2D eigenvalue weighted by Gasteiger charge is -2.26. The van der Waals surface area contributed by atoms with E-state index in [1.807, 2.05) is 21.1 Å². The van der Waals surface area contributed by atoms with Crippen LogP contribution >= 0.6 is 7.82 Å². The topological polar surface area (TPSA) is 105 Å². The molecule has 3 N–H and O–H groups in total. The first kappa shape index (κ1) is 72.5. The number of hydrogen-bond donors (Lipinski definition) is 3. The monoisotopic (exact) mass is 1060 g/mol. The van der Waals surface area contributed by atoms with Crippen LogP contribution in [0.4, 0.5) is 0 Å². The van der Waals surface area contributed by atoms with Crippen molar-refractivity contribution in [3.8, 4) is 0 Å². The molecule has 0 rings (SSSR count). The molecule has 0 aromatic heterocycles. The minimum atomic E-state index is -4.31. The van der Waals surface area contributed by atoms with Crippen LogP contribution in [0.2, 0.25) is 0 Å². The molecule has 3 atom stereocenters. The number of hydrogen-bond acceptors (Lipinski definition) is 5. The van der Waals surface area contributed by atoms with E-state index in [-0.39, 0.29) is 19.1 Å². The van der Waals surface area contributed by atoms with Gasteiger partial charge in [0.15, 0.2) is 0 Å². The Morgan fingerprint density at radius 3 is 0.918 bits per heavy atom. The predicted octanol–water partition coefficient (Wildman–Crippen LogP) is 20.4. The van der Waals surface area contributed by atoms with Crippen molar-refractivity contribution in [1.29, 1.82) is 0 Å². The molecule has 3 unspecified atom stereocenters. The van der Waals surface area contributed by atoms with E-state index in [1.54, 1.807) is 0 Å². The smallest absolute Gasteiger partial charge is 0.391 e. The highest BCUT2D eigenvalue weighted by molar-refractivity contribution is 7.47. The summed E-state index contributed by atoms with van der Waals surface area (Å²) in [5, 5.41) is 14.0. The number of aliphatic hydroxyl groups excluding tert-OH is 1. The van der Waals surface area contributed by atoms with Gasteiger partial charge in [0.1, 0.15) is 13.2 Å². The number of phosphoric acid groups is 1. The Bertz CT molecular complexity index is 1150. The van der Waals surface area contributed by atoms with Crippen molar-refractivity contribution in [2.24, 2.45) is 0 Å². The summed E-state index contributed by atoms with van der Waals surface area (Å²) in [6.45, 7) is 4.93. The normalized spacial score (nSPS) is 13.7. The van der Waals surface area contributed by atoms with E-state index in [2.05, 4.69) is 19.2 Å². The molecular weight excluding hydrogens is 924 g/mol. The lowest BCUT2D eigenvalue weighted by Crippen LogP contribution is -2.46. The molecule has 0 bridgehead atoms. The number of amides is 1. The minimum absolute atomic E-state index is 0.0789. The Morgan fingerprint density at radius 2 is 0.658 bits per heavy atom. The maximum absolute atomic E-state index is 13.0. The molecule has 0 aliphatic heterocycles. The fraction of sp³-hybridized carbons (Fsp3) is 0.984. The number of phosphoric ester groups is 1. The molecule has 0 aliphatic rings. The van der Waals surface area contributed by atoms with Gasteiger partial charge in [-0.2, -0.15) is 0 Å². The van der Waals surface area contributed by atoms with E-state index >= 15 is 0 Å². The number of rotatable bonds is 62. The first-order valence-corrected chi connectivity index (χ1v) is 34.4. The molecule has 0 spiro atoms. The van der Waals surface area contributed by atoms with Gasteiger partial charge < -0.3 is 19.8 Å². The van der Waals surface area contributed by atoms with Crippen LogP contribution < -0.4 is 5.32 Å². The minimum Gasteiger partial charge on any atom is -0.391 e. The molecule has 0 heterocycles. The van der Waals surface area contributed by atoms with Crippen LogP contribution in [0.1, 0.15) is 354 Å². The van der Waals surface area contributed by atoms with Crippen molar-refractivity contribution in [2.45, 2.75) is 366 Å². The zero-order chi connectivity index (χ0) is 53.5. The van der Waals surface area contributed by atoms with E-state index < -0.39 is 20.0 Å². The van der Waals surface area contributed by atoms with Gasteiger partial charge >= 0.3 is 7.82 Å². The van der Waals surface area contributed by atoms with Gasteiger partial charge in [-0.15, -0.1) is 0 Å². The Balaban J connectivity index is 3.77. The van der Waals surface area contributed by atoms with Crippen molar-refractivity contribution in [1.82, 2.24) is 5.32 Å². The van der Waals surface area contributed by atoms with Gasteiger partial charge in [0.05, 0.1) is 39.9 Å². The second kappa shape index (κ2) is 56.2. The molecule has 0 aromatic carbocycles. The first-order valence-electron chi connectivity index (χ1n) is 32.9. The van der Waals surface area contributed by atoms with E-state index in [9.17, 15) is 19.4 Å². The summed E-state index contributed by atoms with van der Waals surface area (Å²) >= 11 is 0. The lowest BCUT2D eigenvalue weighted by atomic mass is 10.0. The van der Waals surface area contributed by atoms with Gasteiger partial charge in [-0.3, -0.25) is 13.8 Å². The summed E-state index contributed by atoms with van der Waals surface area (Å²) in [6, 6.07) is -0.754. The molecule has 0 aromatic rings. The highest BCUT2D eigenvalue weighted by Crippen LogP contribution is 2.43. The molecule has 438 valence electrons. The Hall–Kier alpha value is -0.500.